The third-order valence-electron chi connectivity index (χ3n) is 6.01. The van der Waals surface area contributed by atoms with Crippen molar-refractivity contribution in [3.05, 3.63) is 76.9 Å². The number of hydrogen-bond donors (Lipinski definition) is 0. The molecule has 6 rings (SSSR count). The molecule has 0 spiro atoms. The maximum Gasteiger partial charge on any atom is 0.338 e. The molecule has 3 aliphatic heterocycles. The number of aromatic nitrogens is 1. The standard InChI is InChI=1S/C25H19BrN2O7S/c1-3-31-24(30)21-12(2)27-25-28(22(21)13-4-5-16-17(6-13)33-10-32-16)23(29)20(36-25)8-14-7-18-19(9-15(14)26)35-11-34-18/h4-9,22H,3,10-11H2,1-2H3/b20-8-. The van der Waals surface area contributed by atoms with E-state index in [0.717, 1.165) is 10.0 Å². The molecule has 0 N–H and O–H groups in total. The van der Waals surface area contributed by atoms with Crippen molar-refractivity contribution in [1.82, 2.24) is 4.57 Å². The first-order chi connectivity index (χ1) is 17.4. The Morgan fingerprint density at radius 3 is 2.58 bits per heavy atom. The van der Waals surface area contributed by atoms with Crippen molar-refractivity contribution >= 4 is 39.3 Å². The molecule has 2 aromatic carbocycles. The van der Waals surface area contributed by atoms with Gasteiger partial charge in [0.05, 0.1) is 28.5 Å². The number of halogens is 1. The monoisotopic (exact) mass is 570 g/mol. The Hall–Kier alpha value is -3.57. The summed E-state index contributed by atoms with van der Waals surface area (Å²) in [5.41, 5.74) is 1.96. The normalized spacial score (nSPS) is 17.8. The van der Waals surface area contributed by atoms with E-state index in [1.807, 2.05) is 18.2 Å². The molecule has 11 heteroatoms. The summed E-state index contributed by atoms with van der Waals surface area (Å²) in [7, 11) is 0. The fraction of sp³-hybridized carbons (Fsp3) is 0.240. The number of carbonyl (C=O) groups is 1. The molecular weight excluding hydrogens is 552 g/mol. The third kappa shape index (κ3) is 3.70. The van der Waals surface area contributed by atoms with Crippen molar-refractivity contribution in [1.29, 1.82) is 0 Å². The largest absolute Gasteiger partial charge is 0.463 e. The number of ether oxygens (including phenoxy) is 5. The van der Waals surface area contributed by atoms with Crippen LogP contribution in [0.5, 0.6) is 23.0 Å². The summed E-state index contributed by atoms with van der Waals surface area (Å²) in [5.74, 6) is 1.89. The van der Waals surface area contributed by atoms with E-state index < -0.39 is 12.0 Å². The van der Waals surface area contributed by atoms with Crippen LogP contribution in [0.25, 0.3) is 6.08 Å². The lowest BCUT2D eigenvalue weighted by atomic mass is 9.95. The molecular formula is C25H19BrN2O7S. The average molecular weight is 571 g/mol. The summed E-state index contributed by atoms with van der Waals surface area (Å²) in [6.07, 6.45) is 1.77. The van der Waals surface area contributed by atoms with Gasteiger partial charge in [-0.1, -0.05) is 33.3 Å². The first-order valence-electron chi connectivity index (χ1n) is 11.1. The van der Waals surface area contributed by atoms with E-state index in [2.05, 4.69) is 20.9 Å². The number of hydrogen-bond acceptors (Lipinski definition) is 9. The molecule has 4 heterocycles. The van der Waals surface area contributed by atoms with Gasteiger partial charge < -0.3 is 23.7 Å². The highest BCUT2D eigenvalue weighted by Crippen LogP contribution is 2.39. The molecule has 9 nitrogen and oxygen atoms in total. The second-order valence-corrected chi connectivity index (χ2v) is 10.0. The maximum absolute atomic E-state index is 13.8. The van der Waals surface area contributed by atoms with E-state index >= 15 is 0 Å². The van der Waals surface area contributed by atoms with Gasteiger partial charge in [0.25, 0.3) is 5.56 Å². The molecule has 3 aromatic rings. The molecule has 184 valence electrons. The van der Waals surface area contributed by atoms with E-state index in [0.29, 0.717) is 49.2 Å². The number of esters is 1. The van der Waals surface area contributed by atoms with Gasteiger partial charge in [-0.25, -0.2) is 9.79 Å². The Labute approximate surface area is 217 Å². The number of nitrogens with zero attached hydrogens (tertiary/aromatic N) is 2. The lowest BCUT2D eigenvalue weighted by Crippen LogP contribution is -2.39. The van der Waals surface area contributed by atoms with Crippen molar-refractivity contribution < 1.29 is 28.5 Å². The molecule has 0 saturated heterocycles. The molecule has 0 amide bonds. The van der Waals surface area contributed by atoms with Gasteiger partial charge in [-0.05, 0) is 55.3 Å². The van der Waals surface area contributed by atoms with Crippen LogP contribution in [0.3, 0.4) is 0 Å². The Balaban J connectivity index is 1.54. The summed E-state index contributed by atoms with van der Waals surface area (Å²) < 4.78 is 30.0. The van der Waals surface area contributed by atoms with Crippen molar-refractivity contribution in [2.75, 3.05) is 20.2 Å². The Morgan fingerprint density at radius 1 is 1.14 bits per heavy atom. The predicted molar refractivity (Wildman–Crippen MR) is 133 cm³/mol. The number of rotatable bonds is 4. The summed E-state index contributed by atoms with van der Waals surface area (Å²) >= 11 is 4.79. The minimum absolute atomic E-state index is 0.117. The van der Waals surface area contributed by atoms with E-state index in [1.54, 1.807) is 32.1 Å². The highest BCUT2D eigenvalue weighted by Gasteiger charge is 2.34. The molecule has 36 heavy (non-hydrogen) atoms. The van der Waals surface area contributed by atoms with Gasteiger partial charge in [-0.3, -0.25) is 9.36 Å². The maximum atomic E-state index is 13.8. The Bertz CT molecular complexity index is 1640. The molecule has 0 bridgehead atoms. The summed E-state index contributed by atoms with van der Waals surface area (Å²) in [4.78, 5) is 31.9. The van der Waals surface area contributed by atoms with Gasteiger partial charge in [0.1, 0.15) is 0 Å². The van der Waals surface area contributed by atoms with Crippen LogP contribution in [0.15, 0.2) is 55.9 Å². The van der Waals surface area contributed by atoms with Crippen molar-refractivity contribution in [2.45, 2.75) is 19.9 Å². The minimum Gasteiger partial charge on any atom is -0.463 e. The highest BCUT2D eigenvalue weighted by atomic mass is 79.9. The lowest BCUT2D eigenvalue weighted by molar-refractivity contribution is -0.139. The number of thiazole rings is 1. The van der Waals surface area contributed by atoms with Crippen LogP contribution in [-0.4, -0.2) is 30.7 Å². The molecule has 0 saturated carbocycles. The molecule has 0 aliphatic carbocycles. The zero-order chi connectivity index (χ0) is 25.0. The van der Waals surface area contributed by atoms with E-state index in [1.165, 1.54) is 15.9 Å². The molecule has 1 aromatic heterocycles. The fourth-order valence-electron chi connectivity index (χ4n) is 4.37. The van der Waals surface area contributed by atoms with Crippen molar-refractivity contribution in [3.63, 3.8) is 0 Å². The second-order valence-electron chi connectivity index (χ2n) is 8.14. The fourth-order valence-corrected chi connectivity index (χ4v) is 5.85. The van der Waals surface area contributed by atoms with Crippen LogP contribution >= 0.6 is 27.3 Å². The summed E-state index contributed by atoms with van der Waals surface area (Å²) in [6.45, 7) is 3.95. The third-order valence-corrected chi connectivity index (χ3v) is 7.68. The number of carbonyl (C=O) groups excluding carboxylic acids is 1. The van der Waals surface area contributed by atoms with Crippen LogP contribution in [0.2, 0.25) is 0 Å². The van der Waals surface area contributed by atoms with Crippen LogP contribution in [0, 0.1) is 0 Å². The van der Waals surface area contributed by atoms with E-state index in [9.17, 15) is 9.59 Å². The zero-order valence-corrected chi connectivity index (χ0v) is 21.6. The molecule has 3 aliphatic rings. The van der Waals surface area contributed by atoms with Gasteiger partial charge in [-0.2, -0.15) is 0 Å². The van der Waals surface area contributed by atoms with Crippen LogP contribution in [0.4, 0.5) is 0 Å². The summed E-state index contributed by atoms with van der Waals surface area (Å²) in [5, 5.41) is 0. The van der Waals surface area contributed by atoms with E-state index in [-0.39, 0.29) is 25.8 Å². The zero-order valence-electron chi connectivity index (χ0n) is 19.2. The minimum atomic E-state index is -0.739. The predicted octanol–water partition coefficient (Wildman–Crippen LogP) is 3.02. The lowest BCUT2D eigenvalue weighted by Gasteiger charge is -2.24. The molecule has 1 unspecified atom stereocenters. The smallest absolute Gasteiger partial charge is 0.338 e. The quantitative estimate of drug-likeness (QED) is 0.445. The Morgan fingerprint density at radius 2 is 1.83 bits per heavy atom. The number of fused-ring (bicyclic) bond motifs is 3. The molecule has 0 fully saturated rings. The van der Waals surface area contributed by atoms with Gasteiger partial charge >= 0.3 is 5.97 Å². The summed E-state index contributed by atoms with van der Waals surface area (Å²) in [6, 6.07) is 8.27. The average Bonchev–Trinajstić information content (AvgIpc) is 3.57. The van der Waals surface area contributed by atoms with Crippen molar-refractivity contribution in [3.8, 4) is 23.0 Å². The van der Waals surface area contributed by atoms with Gasteiger partial charge in [0.2, 0.25) is 13.6 Å². The molecule has 1 atom stereocenters. The number of benzene rings is 2. The van der Waals surface area contributed by atoms with Gasteiger partial charge in [-0.15, -0.1) is 0 Å². The van der Waals surface area contributed by atoms with Crippen LogP contribution < -0.4 is 33.8 Å². The Kier molecular flexibility index (Phi) is 5.60. The van der Waals surface area contributed by atoms with Crippen LogP contribution in [-0.2, 0) is 9.53 Å². The highest BCUT2D eigenvalue weighted by molar-refractivity contribution is 9.10. The number of allylic oxidation sites excluding steroid dienone is 1. The van der Waals surface area contributed by atoms with Gasteiger partial charge in [0, 0.05) is 4.47 Å². The SMILES string of the molecule is CCOC(=O)C1=C(C)N=c2s/c(=C\c3cc4c(cc3Br)OCO4)c(=O)n2C1c1ccc2c(c1)OCO2. The first-order valence-corrected chi connectivity index (χ1v) is 12.7. The topological polar surface area (TPSA) is 97.6 Å². The molecule has 0 radical (unpaired) electrons. The first kappa shape index (κ1) is 22.9. The van der Waals surface area contributed by atoms with E-state index in [4.69, 9.17) is 23.7 Å². The second kappa shape index (κ2) is 8.82. The van der Waals surface area contributed by atoms with Gasteiger partial charge in [0.15, 0.2) is 27.8 Å². The van der Waals surface area contributed by atoms with Crippen molar-refractivity contribution in [2.24, 2.45) is 4.99 Å². The van der Waals surface area contributed by atoms with Crippen LogP contribution in [0.1, 0.15) is 31.0 Å².